The van der Waals surface area contributed by atoms with E-state index in [4.69, 9.17) is 16.3 Å². The topological polar surface area (TPSA) is 45.6 Å². The van der Waals surface area contributed by atoms with Crippen molar-refractivity contribution in [1.82, 2.24) is 10.6 Å². The number of benzene rings is 1. The number of nitrogens with zero attached hydrogens (tertiary/aromatic N) is 1. The van der Waals surface area contributed by atoms with E-state index in [0.29, 0.717) is 11.6 Å². The highest BCUT2D eigenvalue weighted by atomic mass is 35.5. The van der Waals surface area contributed by atoms with E-state index >= 15 is 0 Å². The summed E-state index contributed by atoms with van der Waals surface area (Å²) in [4.78, 5) is 4.35. The summed E-state index contributed by atoms with van der Waals surface area (Å²) in [6, 6.07) is 5.63. The van der Waals surface area contributed by atoms with Gasteiger partial charge in [-0.2, -0.15) is 0 Å². The van der Waals surface area contributed by atoms with Gasteiger partial charge in [-0.25, -0.2) is 0 Å². The summed E-state index contributed by atoms with van der Waals surface area (Å²) in [6.07, 6.45) is 1.09. The summed E-state index contributed by atoms with van der Waals surface area (Å²) < 4.78 is 5.28. The fraction of sp³-hybridized carbons (Fsp3) is 0.417. The fourth-order valence-electron chi connectivity index (χ4n) is 1.69. The first-order valence-electron chi connectivity index (χ1n) is 5.64. The van der Waals surface area contributed by atoms with Gasteiger partial charge in [0.2, 0.25) is 0 Å². The maximum atomic E-state index is 5.91. The zero-order valence-electron chi connectivity index (χ0n) is 9.79. The van der Waals surface area contributed by atoms with Gasteiger partial charge in [-0.1, -0.05) is 17.7 Å². The van der Waals surface area contributed by atoms with Crippen LogP contribution in [0.3, 0.4) is 0 Å². The minimum Gasteiger partial charge on any atom is -0.496 e. The van der Waals surface area contributed by atoms with Gasteiger partial charge in [0.05, 0.1) is 7.11 Å². The molecule has 5 heteroatoms. The summed E-state index contributed by atoms with van der Waals surface area (Å²) >= 11 is 5.91. The van der Waals surface area contributed by atoms with Gasteiger partial charge in [-0.05, 0) is 18.6 Å². The smallest absolute Gasteiger partial charge is 0.191 e. The number of ether oxygens (including phenoxy) is 1. The van der Waals surface area contributed by atoms with Gasteiger partial charge in [0.15, 0.2) is 5.96 Å². The molecular weight excluding hydrogens is 238 g/mol. The normalized spacial score (nSPS) is 14.8. The van der Waals surface area contributed by atoms with E-state index in [-0.39, 0.29) is 0 Å². The standard InChI is InChI=1S/C12H16ClN3O/c1-17-11-7-10(13)4-3-9(11)8-16-12-14-5-2-6-15-12/h3-4,7H,2,5-6,8H2,1H3,(H2,14,15,16). The Balaban J connectivity index is 2.00. The average Bonchev–Trinajstić information content (AvgIpc) is 2.38. The molecule has 0 atom stereocenters. The van der Waals surface area contributed by atoms with Crippen LogP contribution in [0.25, 0.3) is 0 Å². The summed E-state index contributed by atoms with van der Waals surface area (Å²) in [5.74, 6) is 1.65. The Bertz CT molecular complexity index is 420. The van der Waals surface area contributed by atoms with E-state index in [1.54, 1.807) is 7.11 Å². The van der Waals surface area contributed by atoms with E-state index in [9.17, 15) is 0 Å². The molecule has 1 aromatic carbocycles. The number of hydrogen-bond acceptors (Lipinski definition) is 4. The molecule has 92 valence electrons. The lowest BCUT2D eigenvalue weighted by molar-refractivity contribution is 0.409. The lowest BCUT2D eigenvalue weighted by Crippen LogP contribution is -2.40. The third-order valence-corrected chi connectivity index (χ3v) is 2.83. The average molecular weight is 254 g/mol. The molecule has 17 heavy (non-hydrogen) atoms. The van der Waals surface area contributed by atoms with Crippen LogP contribution in [0.4, 0.5) is 0 Å². The van der Waals surface area contributed by atoms with Gasteiger partial charge < -0.3 is 15.4 Å². The van der Waals surface area contributed by atoms with Crippen LogP contribution in [0.2, 0.25) is 5.02 Å². The maximum Gasteiger partial charge on any atom is 0.191 e. The Morgan fingerprint density at radius 2 is 2.41 bits per heavy atom. The summed E-state index contributed by atoms with van der Waals surface area (Å²) in [7, 11) is 1.64. The zero-order valence-corrected chi connectivity index (χ0v) is 10.5. The molecule has 0 radical (unpaired) electrons. The molecule has 0 amide bonds. The van der Waals surface area contributed by atoms with Crippen molar-refractivity contribution < 1.29 is 4.74 Å². The van der Waals surface area contributed by atoms with E-state index in [1.165, 1.54) is 0 Å². The molecule has 0 saturated heterocycles. The van der Waals surface area contributed by atoms with Gasteiger partial charge in [-0.3, -0.25) is 4.99 Å². The molecule has 0 unspecified atom stereocenters. The zero-order chi connectivity index (χ0) is 12.1. The van der Waals surface area contributed by atoms with Gasteiger partial charge in [0, 0.05) is 30.2 Å². The molecule has 1 heterocycles. The Labute approximate surface area is 106 Å². The van der Waals surface area contributed by atoms with Crippen LogP contribution < -0.4 is 15.4 Å². The molecule has 0 bridgehead atoms. The number of rotatable bonds is 3. The quantitative estimate of drug-likeness (QED) is 0.863. The Morgan fingerprint density at radius 3 is 3.12 bits per heavy atom. The SMILES string of the molecule is COc1cc(Cl)ccc1CNC1=NCCCN1. The molecule has 0 fully saturated rings. The van der Waals surface area contributed by atoms with Gasteiger partial charge in [0.1, 0.15) is 5.75 Å². The van der Waals surface area contributed by atoms with Crippen molar-refractivity contribution in [2.24, 2.45) is 4.99 Å². The third kappa shape index (κ3) is 3.27. The van der Waals surface area contributed by atoms with E-state index in [0.717, 1.165) is 36.8 Å². The van der Waals surface area contributed by atoms with Gasteiger partial charge >= 0.3 is 0 Å². The molecule has 2 rings (SSSR count). The minimum absolute atomic E-state index is 0.673. The highest BCUT2D eigenvalue weighted by Gasteiger charge is 2.06. The molecular formula is C12H16ClN3O. The van der Waals surface area contributed by atoms with Crippen molar-refractivity contribution in [2.45, 2.75) is 13.0 Å². The van der Waals surface area contributed by atoms with Crippen molar-refractivity contribution in [1.29, 1.82) is 0 Å². The number of methoxy groups -OCH3 is 1. The second-order valence-electron chi connectivity index (χ2n) is 3.82. The first-order chi connectivity index (χ1) is 8.29. The molecule has 0 saturated carbocycles. The van der Waals surface area contributed by atoms with Crippen LogP contribution in [0.5, 0.6) is 5.75 Å². The van der Waals surface area contributed by atoms with E-state index in [2.05, 4.69) is 15.6 Å². The van der Waals surface area contributed by atoms with Crippen LogP contribution in [0.15, 0.2) is 23.2 Å². The Kier molecular flexibility index (Phi) is 4.09. The third-order valence-electron chi connectivity index (χ3n) is 2.59. The predicted octanol–water partition coefficient (Wildman–Crippen LogP) is 1.79. The highest BCUT2D eigenvalue weighted by Crippen LogP contribution is 2.22. The van der Waals surface area contributed by atoms with Crippen LogP contribution in [0.1, 0.15) is 12.0 Å². The van der Waals surface area contributed by atoms with E-state index in [1.807, 2.05) is 18.2 Å². The van der Waals surface area contributed by atoms with Crippen molar-refractivity contribution >= 4 is 17.6 Å². The fourth-order valence-corrected chi connectivity index (χ4v) is 1.86. The highest BCUT2D eigenvalue weighted by molar-refractivity contribution is 6.30. The second kappa shape index (κ2) is 5.77. The van der Waals surface area contributed by atoms with Crippen LogP contribution in [-0.2, 0) is 6.54 Å². The first kappa shape index (κ1) is 12.0. The summed E-state index contributed by atoms with van der Waals surface area (Å²) in [6.45, 7) is 2.53. The lowest BCUT2D eigenvalue weighted by atomic mass is 10.2. The number of aliphatic imine (C=N–C) groups is 1. The number of hydrogen-bond donors (Lipinski definition) is 2. The van der Waals surface area contributed by atoms with Crippen molar-refractivity contribution in [3.63, 3.8) is 0 Å². The number of nitrogens with one attached hydrogen (secondary N) is 2. The van der Waals surface area contributed by atoms with Crippen molar-refractivity contribution in [3.05, 3.63) is 28.8 Å². The van der Waals surface area contributed by atoms with Gasteiger partial charge in [0.25, 0.3) is 0 Å². The monoisotopic (exact) mass is 253 g/mol. The minimum atomic E-state index is 0.673. The Morgan fingerprint density at radius 1 is 1.53 bits per heavy atom. The number of halogens is 1. The first-order valence-corrected chi connectivity index (χ1v) is 6.02. The molecule has 4 nitrogen and oxygen atoms in total. The molecule has 0 aromatic heterocycles. The van der Waals surface area contributed by atoms with Crippen LogP contribution in [0, 0.1) is 0 Å². The van der Waals surface area contributed by atoms with Crippen LogP contribution >= 0.6 is 11.6 Å². The molecule has 1 aromatic rings. The molecule has 2 N–H and O–H groups in total. The maximum absolute atomic E-state index is 5.91. The number of guanidine groups is 1. The van der Waals surface area contributed by atoms with Crippen molar-refractivity contribution in [3.8, 4) is 5.75 Å². The summed E-state index contributed by atoms with van der Waals surface area (Å²) in [5, 5.41) is 7.14. The molecule has 1 aliphatic heterocycles. The molecule has 1 aliphatic rings. The largest absolute Gasteiger partial charge is 0.496 e. The lowest BCUT2D eigenvalue weighted by Gasteiger charge is -2.17. The molecule has 0 spiro atoms. The van der Waals surface area contributed by atoms with Gasteiger partial charge in [-0.15, -0.1) is 0 Å². The predicted molar refractivity (Wildman–Crippen MR) is 69.8 cm³/mol. The second-order valence-corrected chi connectivity index (χ2v) is 4.26. The summed E-state index contributed by atoms with van der Waals surface area (Å²) in [5.41, 5.74) is 1.06. The van der Waals surface area contributed by atoms with E-state index < -0.39 is 0 Å². The Hall–Kier alpha value is -1.42. The van der Waals surface area contributed by atoms with Crippen molar-refractivity contribution in [2.75, 3.05) is 20.2 Å². The van der Waals surface area contributed by atoms with Crippen LogP contribution in [-0.4, -0.2) is 26.2 Å². The molecule has 0 aliphatic carbocycles.